The van der Waals surface area contributed by atoms with Crippen molar-refractivity contribution < 1.29 is 19.1 Å². The number of hydrogen-bond donors (Lipinski definition) is 1. The van der Waals surface area contributed by atoms with E-state index in [4.69, 9.17) is 14.3 Å². The second-order valence-corrected chi connectivity index (χ2v) is 2.54. The molecule has 1 rings (SSSR count). The summed E-state index contributed by atoms with van der Waals surface area (Å²) in [5.74, 6) is 0.391. The van der Waals surface area contributed by atoms with Crippen LogP contribution in [0.1, 0.15) is 19.2 Å². The van der Waals surface area contributed by atoms with Crippen LogP contribution in [0, 0.1) is 0 Å². The molecule has 0 aliphatic carbocycles. The van der Waals surface area contributed by atoms with Crippen molar-refractivity contribution in [3.8, 4) is 0 Å². The first-order chi connectivity index (χ1) is 7.11. The summed E-state index contributed by atoms with van der Waals surface area (Å²) in [7, 11) is 0. The topological polar surface area (TPSA) is 80.4 Å². The van der Waals surface area contributed by atoms with Gasteiger partial charge in [-0.25, -0.2) is 4.98 Å². The van der Waals surface area contributed by atoms with E-state index < -0.39 is 4.64 Å². The van der Waals surface area contributed by atoms with Gasteiger partial charge in [0.1, 0.15) is 6.26 Å². The van der Waals surface area contributed by atoms with Crippen molar-refractivity contribution in [2.75, 3.05) is 0 Å². The van der Waals surface area contributed by atoms with E-state index in [9.17, 15) is 4.79 Å². The number of hydrogen-bond acceptors (Lipinski definition) is 4. The number of aromatic nitrogens is 1. The van der Waals surface area contributed by atoms with Crippen LogP contribution in [0.3, 0.4) is 0 Å². The van der Waals surface area contributed by atoms with Gasteiger partial charge in [0.2, 0.25) is 5.89 Å². The van der Waals surface area contributed by atoms with Gasteiger partial charge >= 0.3 is 32.3 Å². The van der Waals surface area contributed by atoms with Crippen LogP contribution in [0.25, 0.3) is 5.57 Å². The van der Waals surface area contributed by atoms with E-state index in [-0.39, 0.29) is 0 Å². The number of oxazole rings is 1. The first-order valence-electron chi connectivity index (χ1n) is 4.36. The molecule has 0 unspecified atom stereocenters. The molecule has 6 heteroatoms. The molecule has 0 spiro atoms. The number of rotatable bonds is 3. The van der Waals surface area contributed by atoms with E-state index in [2.05, 4.69) is 4.98 Å². The molecule has 0 saturated heterocycles. The molecule has 1 heterocycles. The quantitative estimate of drug-likeness (QED) is 0.457. The summed E-state index contributed by atoms with van der Waals surface area (Å²) >= 11 is 1.08. The molecule has 1 aromatic rings. The minimum absolute atomic E-state index is 0.391. The Morgan fingerprint density at radius 1 is 1.73 bits per heavy atom. The fourth-order valence-corrected chi connectivity index (χ4v) is 0.772. The van der Waals surface area contributed by atoms with E-state index >= 15 is 0 Å². The molecule has 0 amide bonds. The standard InChI is InChI=1S/C8H9NO2.CHO2.Li/c1-2-3-7(6-10)8-9-4-5-11-8;2-1-3;/h3-6H,2H2,1H3;(H,2,3);. The van der Waals surface area contributed by atoms with Crippen LogP contribution in [0.4, 0.5) is 4.79 Å². The molecule has 15 heavy (non-hydrogen) atoms. The van der Waals surface area contributed by atoms with Gasteiger partial charge in [-0.15, -0.1) is 0 Å². The number of carbonyl (C=O) groups is 2. The molecule has 0 saturated carbocycles. The van der Waals surface area contributed by atoms with Gasteiger partial charge in [-0.05, 0) is 6.42 Å². The monoisotopic (exact) mass is 203 g/mol. The molecule has 1 aromatic heterocycles. The number of carbonyl (C=O) groups excluding carboxylic acids is 1. The second kappa shape index (κ2) is 8.03. The molecule has 0 fully saturated rings. The normalized spacial score (nSPS) is 10.2. The molecule has 0 aromatic carbocycles. The Bertz CT molecular complexity index is 328. The van der Waals surface area contributed by atoms with E-state index in [1.54, 1.807) is 6.08 Å². The van der Waals surface area contributed by atoms with E-state index in [1.807, 2.05) is 6.92 Å². The average molecular weight is 203 g/mol. The van der Waals surface area contributed by atoms with Crippen molar-refractivity contribution in [2.24, 2.45) is 0 Å². The molecule has 5 nitrogen and oxygen atoms in total. The predicted molar refractivity (Wildman–Crippen MR) is 54.6 cm³/mol. The van der Waals surface area contributed by atoms with Crippen LogP contribution >= 0.6 is 0 Å². The Morgan fingerprint density at radius 3 is 2.67 bits per heavy atom. The fourth-order valence-electron chi connectivity index (χ4n) is 0.772. The van der Waals surface area contributed by atoms with E-state index in [0.717, 1.165) is 30.4 Å². The molecule has 0 bridgehead atoms. The van der Waals surface area contributed by atoms with Crippen LogP contribution in [-0.2, 0) is 4.79 Å². The van der Waals surface area contributed by atoms with Crippen molar-refractivity contribution in [3.05, 3.63) is 24.4 Å². The Kier molecular flexibility index (Phi) is 7.33. The predicted octanol–water partition coefficient (Wildman–Crippen LogP) is 1.50. The van der Waals surface area contributed by atoms with Gasteiger partial charge in [-0.3, -0.25) is 4.79 Å². The number of aldehydes is 1. The molecule has 0 radical (unpaired) electrons. The first-order valence-corrected chi connectivity index (χ1v) is 4.36. The maximum atomic E-state index is 10.4. The Morgan fingerprint density at radius 2 is 2.33 bits per heavy atom. The molecule has 1 N–H and O–H groups in total. The SMILES string of the molecule is CCC=C(C=O)c1ncco1.[Li][C](=O)O. The summed E-state index contributed by atoms with van der Waals surface area (Å²) in [5, 5.41) is 7.42. The third-order valence-corrected chi connectivity index (χ3v) is 1.23. The number of nitrogens with zero attached hydrogens (tertiary/aromatic N) is 1. The van der Waals surface area contributed by atoms with Crippen molar-refractivity contribution in [1.29, 1.82) is 0 Å². The Balaban J connectivity index is 0.000000423. The van der Waals surface area contributed by atoms with Crippen LogP contribution in [-0.4, -0.2) is 38.7 Å². The molecule has 76 valence electrons. The van der Waals surface area contributed by atoms with Crippen LogP contribution in [0.2, 0.25) is 0 Å². The number of allylic oxidation sites excluding steroid dienone is 2. The van der Waals surface area contributed by atoms with Crippen LogP contribution in [0.15, 0.2) is 23.0 Å². The van der Waals surface area contributed by atoms with Gasteiger partial charge < -0.3 is 4.42 Å². The van der Waals surface area contributed by atoms with Gasteiger partial charge in [0.05, 0.1) is 11.8 Å². The Labute approximate surface area is 96.4 Å². The third-order valence-electron chi connectivity index (χ3n) is 1.23. The van der Waals surface area contributed by atoms with E-state index in [0.29, 0.717) is 11.5 Å². The van der Waals surface area contributed by atoms with Crippen molar-refractivity contribution >= 4 is 34.2 Å². The van der Waals surface area contributed by atoms with Gasteiger partial charge in [0.15, 0.2) is 6.29 Å². The maximum absolute atomic E-state index is 10.4. The van der Waals surface area contributed by atoms with Crippen molar-refractivity contribution in [2.45, 2.75) is 13.3 Å². The fraction of sp³-hybridized carbons (Fsp3) is 0.222. The van der Waals surface area contributed by atoms with Gasteiger partial charge in [0.25, 0.3) is 0 Å². The van der Waals surface area contributed by atoms with Crippen molar-refractivity contribution in [1.82, 2.24) is 4.98 Å². The summed E-state index contributed by atoms with van der Waals surface area (Å²) in [5.41, 5.74) is 0.512. The Hall–Kier alpha value is -1.31. The summed E-state index contributed by atoms with van der Waals surface area (Å²) in [4.78, 5) is 23.3. The summed E-state index contributed by atoms with van der Waals surface area (Å²) < 4.78 is 4.10. The van der Waals surface area contributed by atoms with Gasteiger partial charge in [-0.1, -0.05) is 13.0 Å². The minimum atomic E-state index is -0.833. The summed E-state index contributed by atoms with van der Waals surface area (Å²) in [6, 6.07) is 0. The molecular weight excluding hydrogens is 193 g/mol. The van der Waals surface area contributed by atoms with Crippen LogP contribution < -0.4 is 0 Å². The zero-order chi connectivity index (χ0) is 11.7. The second-order valence-electron chi connectivity index (χ2n) is 2.54. The van der Waals surface area contributed by atoms with Gasteiger partial charge in [-0.2, -0.15) is 0 Å². The summed E-state index contributed by atoms with van der Waals surface area (Å²) in [6.07, 6.45) is 6.29. The third kappa shape index (κ3) is 6.72. The van der Waals surface area contributed by atoms with Crippen molar-refractivity contribution in [3.63, 3.8) is 0 Å². The average Bonchev–Trinajstić information content (AvgIpc) is 2.66. The zero-order valence-electron chi connectivity index (χ0n) is 8.64. The molecular formula is C9H10LiNO4. The number of carboxylic acid groups (broad SMARTS) is 1. The first kappa shape index (κ1) is 13.7. The van der Waals surface area contributed by atoms with Gasteiger partial charge in [0, 0.05) is 0 Å². The van der Waals surface area contributed by atoms with E-state index in [1.165, 1.54) is 12.5 Å². The molecule has 0 aliphatic heterocycles. The molecule has 0 aliphatic rings. The zero-order valence-corrected chi connectivity index (χ0v) is 8.64. The summed E-state index contributed by atoms with van der Waals surface area (Å²) in [6.45, 7) is 1.95. The van der Waals surface area contributed by atoms with Crippen LogP contribution in [0.5, 0.6) is 0 Å². The molecule has 0 atom stereocenters.